The number of aromatic nitrogens is 4. The molecule has 0 radical (unpaired) electrons. The first-order valence-corrected chi connectivity index (χ1v) is 9.74. The van der Waals surface area contributed by atoms with Crippen LogP contribution in [0.3, 0.4) is 0 Å². The molecule has 0 N–H and O–H groups in total. The summed E-state index contributed by atoms with van der Waals surface area (Å²) in [4.78, 5) is 7.11. The number of ether oxygens (including phenoxy) is 1. The highest BCUT2D eigenvalue weighted by Crippen LogP contribution is 2.29. The van der Waals surface area contributed by atoms with E-state index in [-0.39, 0.29) is 0 Å². The predicted molar refractivity (Wildman–Crippen MR) is 102 cm³/mol. The number of hydrogen-bond donors (Lipinski definition) is 0. The molecule has 0 amide bonds. The van der Waals surface area contributed by atoms with Crippen LogP contribution in [0, 0.1) is 0 Å². The molecular weight excluding hydrogens is 398 g/mol. The molecule has 1 fully saturated rings. The Kier molecular flexibility index (Phi) is 5.33. The topological polar surface area (TPSA) is 69.2 Å². The highest BCUT2D eigenvalue weighted by atomic mass is 79.9. The van der Waals surface area contributed by atoms with Gasteiger partial charge in [0.05, 0.1) is 5.52 Å². The molecule has 138 valence electrons. The van der Waals surface area contributed by atoms with E-state index in [1.807, 2.05) is 24.3 Å². The number of benzene rings is 1. The van der Waals surface area contributed by atoms with E-state index in [1.54, 1.807) is 11.8 Å². The van der Waals surface area contributed by atoms with Gasteiger partial charge < -0.3 is 14.2 Å². The maximum Gasteiger partial charge on any atom is 0.291 e. The molecule has 1 aliphatic rings. The molecule has 1 saturated heterocycles. The summed E-state index contributed by atoms with van der Waals surface area (Å²) in [6.07, 6.45) is 3.16. The molecule has 0 bridgehead atoms. The number of halogens is 1. The Bertz CT molecular complexity index is 869. The summed E-state index contributed by atoms with van der Waals surface area (Å²) in [6.45, 7) is 4.02. The minimum atomic E-state index is 0.320. The van der Waals surface area contributed by atoms with Crippen LogP contribution in [0.1, 0.15) is 31.1 Å². The van der Waals surface area contributed by atoms with E-state index in [4.69, 9.17) is 9.26 Å². The number of hydrogen-bond acceptors (Lipinski definition) is 6. The van der Waals surface area contributed by atoms with Crippen molar-refractivity contribution >= 4 is 26.8 Å². The highest BCUT2D eigenvalue weighted by Gasteiger charge is 2.26. The van der Waals surface area contributed by atoms with Gasteiger partial charge >= 0.3 is 0 Å². The first-order chi connectivity index (χ1) is 12.8. The minimum Gasteiger partial charge on any atom is -0.385 e. The van der Waals surface area contributed by atoms with Crippen molar-refractivity contribution in [3.05, 3.63) is 34.8 Å². The number of piperidine rings is 1. The van der Waals surface area contributed by atoms with Crippen LogP contribution in [0.2, 0.25) is 0 Å². The summed E-state index contributed by atoms with van der Waals surface area (Å²) in [5.74, 6) is 1.52. The Morgan fingerprint density at radius 2 is 2.08 bits per heavy atom. The van der Waals surface area contributed by atoms with Gasteiger partial charge in [0.15, 0.2) is 0 Å². The zero-order valence-electron chi connectivity index (χ0n) is 14.8. The molecule has 8 heteroatoms. The van der Waals surface area contributed by atoms with Crippen LogP contribution in [-0.2, 0) is 4.74 Å². The third-order valence-electron chi connectivity index (χ3n) is 4.92. The van der Waals surface area contributed by atoms with Crippen LogP contribution in [-0.4, -0.2) is 58.2 Å². The van der Waals surface area contributed by atoms with Crippen LogP contribution in [0.4, 0.5) is 0 Å². The lowest BCUT2D eigenvalue weighted by atomic mass is 9.97. The average Bonchev–Trinajstić information content (AvgIpc) is 3.28. The van der Waals surface area contributed by atoms with Crippen molar-refractivity contribution in [1.82, 2.24) is 24.8 Å². The SMILES string of the molecule is COCCCN1CCC(c2nc(-n3nc(Br)c4ccccc43)no2)CC1. The van der Waals surface area contributed by atoms with Crippen molar-refractivity contribution in [2.24, 2.45) is 0 Å². The molecule has 7 nitrogen and oxygen atoms in total. The molecule has 0 spiro atoms. The molecule has 3 aromatic rings. The minimum absolute atomic E-state index is 0.320. The van der Waals surface area contributed by atoms with Crippen molar-refractivity contribution in [3.8, 4) is 5.95 Å². The van der Waals surface area contributed by atoms with Crippen molar-refractivity contribution in [3.63, 3.8) is 0 Å². The predicted octanol–water partition coefficient (Wildman–Crippen LogP) is 3.39. The van der Waals surface area contributed by atoms with E-state index in [0.717, 1.165) is 61.0 Å². The molecular formula is C18H22BrN5O2. The molecule has 3 heterocycles. The van der Waals surface area contributed by atoms with E-state index < -0.39 is 0 Å². The van der Waals surface area contributed by atoms with Crippen LogP contribution in [0.25, 0.3) is 16.9 Å². The van der Waals surface area contributed by atoms with Gasteiger partial charge in [0.1, 0.15) is 4.60 Å². The molecule has 2 aromatic heterocycles. The summed E-state index contributed by atoms with van der Waals surface area (Å²) < 4.78 is 13.2. The van der Waals surface area contributed by atoms with Gasteiger partial charge in [-0.05, 0) is 59.5 Å². The first kappa shape index (κ1) is 17.6. The van der Waals surface area contributed by atoms with Gasteiger partial charge in [-0.25, -0.2) is 0 Å². The average molecular weight is 420 g/mol. The number of methoxy groups -OCH3 is 1. The first-order valence-electron chi connectivity index (χ1n) is 8.95. The summed E-state index contributed by atoms with van der Waals surface area (Å²) in [5.41, 5.74) is 0.958. The van der Waals surface area contributed by atoms with Crippen LogP contribution in [0.5, 0.6) is 0 Å². The monoisotopic (exact) mass is 419 g/mol. The van der Waals surface area contributed by atoms with E-state index in [0.29, 0.717) is 17.8 Å². The molecule has 1 aromatic carbocycles. The van der Waals surface area contributed by atoms with Gasteiger partial charge in [-0.3, -0.25) is 0 Å². The molecule has 0 aliphatic carbocycles. The largest absolute Gasteiger partial charge is 0.385 e. The molecule has 1 aliphatic heterocycles. The lowest BCUT2D eigenvalue weighted by Crippen LogP contribution is -2.34. The van der Waals surface area contributed by atoms with E-state index >= 15 is 0 Å². The van der Waals surface area contributed by atoms with Gasteiger partial charge in [0.25, 0.3) is 5.95 Å². The number of para-hydroxylation sites is 1. The zero-order valence-corrected chi connectivity index (χ0v) is 16.4. The number of rotatable bonds is 6. The number of nitrogens with zero attached hydrogens (tertiary/aromatic N) is 5. The van der Waals surface area contributed by atoms with Crippen molar-refractivity contribution in [2.45, 2.75) is 25.2 Å². The number of likely N-dealkylation sites (tertiary alicyclic amines) is 1. The van der Waals surface area contributed by atoms with Crippen LogP contribution >= 0.6 is 15.9 Å². The fourth-order valence-corrected chi connectivity index (χ4v) is 3.99. The molecule has 0 unspecified atom stereocenters. The third-order valence-corrected chi connectivity index (χ3v) is 5.51. The lowest BCUT2D eigenvalue weighted by molar-refractivity contribution is 0.152. The molecule has 26 heavy (non-hydrogen) atoms. The summed E-state index contributed by atoms with van der Waals surface area (Å²) in [7, 11) is 1.75. The summed E-state index contributed by atoms with van der Waals surface area (Å²) in [5, 5.41) is 9.70. The Morgan fingerprint density at radius 1 is 1.27 bits per heavy atom. The molecule has 0 atom stereocenters. The Morgan fingerprint density at radius 3 is 2.88 bits per heavy atom. The second-order valence-electron chi connectivity index (χ2n) is 6.61. The third kappa shape index (κ3) is 3.54. The molecule has 0 saturated carbocycles. The Labute approximate surface area is 160 Å². The maximum atomic E-state index is 5.57. The summed E-state index contributed by atoms with van der Waals surface area (Å²) >= 11 is 3.50. The van der Waals surface area contributed by atoms with Crippen molar-refractivity contribution < 1.29 is 9.26 Å². The van der Waals surface area contributed by atoms with Gasteiger partial charge in [-0.1, -0.05) is 18.2 Å². The smallest absolute Gasteiger partial charge is 0.291 e. The van der Waals surface area contributed by atoms with Gasteiger partial charge in [0, 0.05) is 31.6 Å². The Balaban J connectivity index is 1.45. The zero-order chi connectivity index (χ0) is 17.9. The lowest BCUT2D eigenvalue weighted by Gasteiger charge is -2.30. The standard InChI is InChI=1S/C18H22BrN5O2/c1-25-12-4-9-23-10-7-13(8-11-23)17-20-18(22-26-17)24-15-6-3-2-5-14(15)16(19)21-24/h2-3,5-6,13H,4,7-12H2,1H3. The van der Waals surface area contributed by atoms with Crippen molar-refractivity contribution in [2.75, 3.05) is 33.4 Å². The quantitative estimate of drug-likeness (QED) is 0.570. The Hall–Kier alpha value is -1.77. The highest BCUT2D eigenvalue weighted by molar-refractivity contribution is 9.10. The second-order valence-corrected chi connectivity index (χ2v) is 7.37. The van der Waals surface area contributed by atoms with Crippen molar-refractivity contribution in [1.29, 1.82) is 0 Å². The fraction of sp³-hybridized carbons (Fsp3) is 0.500. The van der Waals surface area contributed by atoms with Gasteiger partial charge in [-0.2, -0.15) is 14.8 Å². The van der Waals surface area contributed by atoms with E-state index in [1.165, 1.54) is 0 Å². The van der Waals surface area contributed by atoms with E-state index in [2.05, 4.69) is 36.1 Å². The van der Waals surface area contributed by atoms with E-state index in [9.17, 15) is 0 Å². The normalized spacial score (nSPS) is 16.5. The second kappa shape index (κ2) is 7.85. The summed E-state index contributed by atoms with van der Waals surface area (Å²) in [6, 6.07) is 7.99. The van der Waals surface area contributed by atoms with Crippen LogP contribution in [0.15, 0.2) is 33.4 Å². The number of fused-ring (bicyclic) bond motifs is 1. The van der Waals surface area contributed by atoms with Crippen LogP contribution < -0.4 is 0 Å². The molecule has 4 rings (SSSR count). The van der Waals surface area contributed by atoms with Gasteiger partial charge in [0.2, 0.25) is 5.89 Å². The van der Waals surface area contributed by atoms with Gasteiger partial charge in [-0.15, -0.1) is 0 Å². The maximum absolute atomic E-state index is 5.57. The fourth-order valence-electron chi connectivity index (χ4n) is 3.50.